The molecule has 0 N–H and O–H groups in total. The van der Waals surface area contributed by atoms with Crippen molar-refractivity contribution in [1.82, 2.24) is 0 Å². The number of hydrogen-bond donors (Lipinski definition) is 0. The number of rotatable bonds is 7. The van der Waals surface area contributed by atoms with Gasteiger partial charge in [-0.15, -0.1) is 0 Å². The summed E-state index contributed by atoms with van der Waals surface area (Å²) in [5.41, 5.74) is 4.72. The molecule has 0 aliphatic heterocycles. The third-order valence-corrected chi connectivity index (χ3v) is 6.57. The average Bonchev–Trinajstić information content (AvgIpc) is 2.82. The van der Waals surface area contributed by atoms with Crippen LogP contribution >= 0.6 is 0 Å². The van der Waals surface area contributed by atoms with E-state index in [-0.39, 0.29) is 0 Å². The van der Waals surface area contributed by atoms with Gasteiger partial charge in [0.1, 0.15) is 0 Å². The van der Waals surface area contributed by atoms with Crippen molar-refractivity contribution >= 4 is 0 Å². The van der Waals surface area contributed by atoms with Crippen molar-refractivity contribution in [2.45, 2.75) is 90.4 Å². The van der Waals surface area contributed by atoms with Gasteiger partial charge in [0.2, 0.25) is 0 Å². The molecule has 0 unspecified atom stereocenters. The maximum Gasteiger partial charge on any atom is 0.0249 e. The van der Waals surface area contributed by atoms with Crippen LogP contribution in [0.25, 0.3) is 0 Å². The van der Waals surface area contributed by atoms with Gasteiger partial charge in [-0.2, -0.15) is 0 Å². The summed E-state index contributed by atoms with van der Waals surface area (Å²) in [5, 5.41) is 0. The molecule has 0 heteroatoms. The second-order valence-electron chi connectivity index (χ2n) is 9.07. The van der Waals surface area contributed by atoms with Gasteiger partial charge < -0.3 is 0 Å². The molecule has 162 valence electrons. The number of unbranched alkanes of at least 4 members (excludes halogenated alkanes) is 4. The highest BCUT2D eigenvalue weighted by Gasteiger charge is 2.21. The summed E-state index contributed by atoms with van der Waals surface area (Å²) < 4.78 is 0. The van der Waals surface area contributed by atoms with Crippen LogP contribution in [0, 0.1) is 29.6 Å². The Labute approximate surface area is 190 Å². The zero-order valence-electron chi connectivity index (χ0n) is 19.6. The Bertz CT molecular complexity index is 885. The first-order valence-electron chi connectivity index (χ1n) is 12.5. The summed E-state index contributed by atoms with van der Waals surface area (Å²) >= 11 is 0. The summed E-state index contributed by atoms with van der Waals surface area (Å²) in [4.78, 5) is 0. The van der Waals surface area contributed by atoms with Crippen LogP contribution in [0.2, 0.25) is 0 Å². The molecular weight excluding hydrogens is 372 g/mol. The maximum absolute atomic E-state index is 3.32. The Hall–Kier alpha value is -2.44. The van der Waals surface area contributed by atoms with E-state index in [4.69, 9.17) is 0 Å². The maximum atomic E-state index is 3.32. The van der Waals surface area contributed by atoms with Gasteiger partial charge in [0.15, 0.2) is 0 Å². The molecule has 1 saturated carbocycles. The predicted octanol–water partition coefficient (Wildman–Crippen LogP) is 8.48. The van der Waals surface area contributed by atoms with Crippen LogP contribution in [0.1, 0.15) is 113 Å². The zero-order chi connectivity index (χ0) is 21.7. The van der Waals surface area contributed by atoms with E-state index in [0.29, 0.717) is 0 Å². The zero-order valence-corrected chi connectivity index (χ0v) is 19.6. The normalized spacial score (nSPS) is 17.9. The summed E-state index contributed by atoms with van der Waals surface area (Å²) in [6.45, 7) is 4.50. The monoisotopic (exact) mass is 410 g/mol. The Kier molecular flexibility index (Phi) is 9.80. The molecule has 1 aliphatic carbocycles. The van der Waals surface area contributed by atoms with Gasteiger partial charge >= 0.3 is 0 Å². The molecule has 0 aromatic heterocycles. The van der Waals surface area contributed by atoms with E-state index in [2.05, 4.69) is 86.1 Å². The first-order chi connectivity index (χ1) is 15.3. The predicted molar refractivity (Wildman–Crippen MR) is 134 cm³/mol. The second kappa shape index (κ2) is 13.1. The van der Waals surface area contributed by atoms with E-state index in [0.717, 1.165) is 34.9 Å². The minimum Gasteiger partial charge on any atom is -0.0979 e. The van der Waals surface area contributed by atoms with E-state index < -0.39 is 0 Å². The molecule has 0 nitrogen and oxygen atoms in total. The lowest BCUT2D eigenvalue weighted by Gasteiger charge is -2.29. The second-order valence-corrected chi connectivity index (χ2v) is 9.07. The fraction of sp³-hybridized carbons (Fsp3) is 0.484. The Balaban J connectivity index is 1.50. The van der Waals surface area contributed by atoms with Crippen molar-refractivity contribution in [3.8, 4) is 23.7 Å². The Morgan fingerprint density at radius 2 is 1.19 bits per heavy atom. The summed E-state index contributed by atoms with van der Waals surface area (Å²) in [7, 11) is 0. The molecular formula is C31H38. The minimum atomic E-state index is 0.746. The number of hydrogen-bond acceptors (Lipinski definition) is 0. The van der Waals surface area contributed by atoms with Crippen LogP contribution < -0.4 is 0 Å². The lowest BCUT2D eigenvalue weighted by molar-refractivity contribution is 0.303. The van der Waals surface area contributed by atoms with Crippen molar-refractivity contribution < 1.29 is 0 Å². The van der Waals surface area contributed by atoms with E-state index in [1.807, 2.05) is 0 Å². The smallest absolute Gasteiger partial charge is 0.0249 e. The third-order valence-electron chi connectivity index (χ3n) is 6.57. The molecule has 0 radical (unpaired) electrons. The standard InChI is InChI=1S/C31H38/c1-3-5-7-9-11-26-12-14-28(15-13-26)16-17-29-20-24-31(25-21-29)30-22-18-27(19-23-30)10-8-6-4-2/h12-15,20-21,24-25,27,30H,3-8,10,18-19,22-23H2,1-2H3. The third kappa shape index (κ3) is 7.96. The van der Waals surface area contributed by atoms with Crippen molar-refractivity contribution in [3.63, 3.8) is 0 Å². The van der Waals surface area contributed by atoms with Crippen LogP contribution in [0.15, 0.2) is 48.5 Å². The molecule has 0 atom stereocenters. The molecule has 3 rings (SSSR count). The van der Waals surface area contributed by atoms with Crippen LogP contribution in [-0.4, -0.2) is 0 Å². The highest BCUT2D eigenvalue weighted by Crippen LogP contribution is 2.37. The van der Waals surface area contributed by atoms with Crippen molar-refractivity contribution in [1.29, 1.82) is 0 Å². The highest BCUT2D eigenvalue weighted by atomic mass is 14.3. The van der Waals surface area contributed by atoms with Crippen molar-refractivity contribution in [2.75, 3.05) is 0 Å². The van der Waals surface area contributed by atoms with E-state index in [1.54, 1.807) is 0 Å². The van der Waals surface area contributed by atoms with Crippen molar-refractivity contribution in [2.24, 2.45) is 5.92 Å². The summed E-state index contributed by atoms with van der Waals surface area (Å²) in [6, 6.07) is 17.3. The molecule has 2 aromatic rings. The molecule has 0 saturated heterocycles. The van der Waals surface area contributed by atoms with E-state index in [1.165, 1.54) is 69.8 Å². The molecule has 1 aliphatic rings. The van der Waals surface area contributed by atoms with Gasteiger partial charge in [-0.1, -0.05) is 81.8 Å². The fourth-order valence-corrected chi connectivity index (χ4v) is 4.52. The fourth-order valence-electron chi connectivity index (χ4n) is 4.52. The van der Waals surface area contributed by atoms with Gasteiger partial charge in [0, 0.05) is 23.1 Å². The lowest BCUT2D eigenvalue weighted by Crippen LogP contribution is -2.13. The molecule has 0 heterocycles. The quantitative estimate of drug-likeness (QED) is 0.317. The van der Waals surface area contributed by atoms with Crippen molar-refractivity contribution in [3.05, 3.63) is 70.8 Å². The largest absolute Gasteiger partial charge is 0.0979 e. The van der Waals surface area contributed by atoms with Crippen LogP contribution in [0.3, 0.4) is 0 Å². The Morgan fingerprint density at radius 3 is 1.77 bits per heavy atom. The molecule has 2 aromatic carbocycles. The minimum absolute atomic E-state index is 0.746. The Morgan fingerprint density at radius 1 is 0.645 bits per heavy atom. The van der Waals surface area contributed by atoms with Gasteiger partial charge in [-0.3, -0.25) is 0 Å². The van der Waals surface area contributed by atoms with Crippen LogP contribution in [-0.2, 0) is 0 Å². The topological polar surface area (TPSA) is 0 Å². The first-order valence-corrected chi connectivity index (χ1v) is 12.5. The number of benzene rings is 2. The van der Waals surface area contributed by atoms with Gasteiger partial charge in [0.05, 0.1) is 0 Å². The van der Waals surface area contributed by atoms with Gasteiger partial charge in [-0.05, 0) is 85.9 Å². The molecule has 0 bridgehead atoms. The molecule has 0 spiro atoms. The SMILES string of the molecule is CCCCC#Cc1ccc(C#Cc2ccc(C3CCC(CCCCC)CC3)cc2)cc1. The van der Waals surface area contributed by atoms with E-state index >= 15 is 0 Å². The molecule has 1 fully saturated rings. The lowest BCUT2D eigenvalue weighted by atomic mass is 9.77. The average molecular weight is 411 g/mol. The van der Waals surface area contributed by atoms with E-state index in [9.17, 15) is 0 Å². The molecule has 0 amide bonds. The summed E-state index contributed by atoms with van der Waals surface area (Å²) in [5.74, 6) is 14.8. The summed E-state index contributed by atoms with van der Waals surface area (Å²) in [6.07, 6.45) is 14.5. The van der Waals surface area contributed by atoms with Crippen LogP contribution in [0.4, 0.5) is 0 Å². The highest BCUT2D eigenvalue weighted by molar-refractivity contribution is 5.46. The molecule has 31 heavy (non-hydrogen) atoms. The van der Waals surface area contributed by atoms with Crippen LogP contribution in [0.5, 0.6) is 0 Å². The van der Waals surface area contributed by atoms with Gasteiger partial charge in [-0.25, -0.2) is 0 Å². The first kappa shape index (κ1) is 23.2. The van der Waals surface area contributed by atoms with Gasteiger partial charge in [0.25, 0.3) is 0 Å².